The molecule has 1 aromatic rings. The minimum Gasteiger partial charge on any atom is -0.444 e. The van der Waals surface area contributed by atoms with E-state index in [0.717, 1.165) is 16.2 Å². The predicted octanol–water partition coefficient (Wildman–Crippen LogP) is 3.01. The molecule has 0 aromatic carbocycles. The summed E-state index contributed by atoms with van der Waals surface area (Å²) in [6.45, 7) is 8.13. The van der Waals surface area contributed by atoms with E-state index in [2.05, 4.69) is 16.4 Å². The lowest BCUT2D eigenvalue weighted by atomic mass is 10.2. The summed E-state index contributed by atoms with van der Waals surface area (Å²) in [5.41, 5.74) is 0.692. The topological polar surface area (TPSA) is 51.2 Å². The highest BCUT2D eigenvalue weighted by Crippen LogP contribution is 2.16. The molecule has 5 heteroatoms. The zero-order valence-electron chi connectivity index (χ0n) is 11.3. The number of hydrogen-bond donors (Lipinski definition) is 1. The van der Waals surface area contributed by atoms with Crippen LogP contribution in [0.2, 0.25) is 0 Å². The Morgan fingerprint density at radius 2 is 2.17 bits per heavy atom. The van der Waals surface area contributed by atoms with Crippen molar-refractivity contribution in [2.24, 2.45) is 0 Å². The summed E-state index contributed by atoms with van der Waals surface area (Å²) >= 11 is 1.66. The van der Waals surface area contributed by atoms with Crippen molar-refractivity contribution < 1.29 is 9.53 Å². The molecule has 1 heterocycles. The Balaban J connectivity index is 2.21. The molecular formula is C13H20N2O2S. The molecule has 0 bridgehead atoms. The lowest BCUT2D eigenvalue weighted by molar-refractivity contribution is 0.0531. The maximum absolute atomic E-state index is 11.4. The molecule has 0 saturated carbocycles. The number of aromatic nitrogens is 1. The normalized spacial score (nSPS) is 11.1. The molecule has 1 N–H and O–H groups in total. The van der Waals surface area contributed by atoms with Crippen LogP contribution in [0.25, 0.3) is 0 Å². The number of rotatable bonds is 4. The molecule has 0 aliphatic heterocycles. The number of nitrogens with one attached hydrogen (secondary N) is 1. The second-order valence-corrected chi connectivity index (χ2v) is 6.14. The summed E-state index contributed by atoms with van der Waals surface area (Å²) < 4.78 is 5.14. The first kappa shape index (κ1) is 14.8. The van der Waals surface area contributed by atoms with E-state index in [1.165, 1.54) is 0 Å². The Bertz CT molecular complexity index is 402. The molecule has 1 rings (SSSR count). The fourth-order valence-electron chi connectivity index (χ4n) is 1.24. The van der Waals surface area contributed by atoms with E-state index >= 15 is 0 Å². The third-order valence-corrected chi connectivity index (χ3v) is 2.85. The third kappa shape index (κ3) is 6.49. The molecular weight excluding hydrogens is 248 g/mol. The molecule has 0 unspecified atom stereocenters. The predicted molar refractivity (Wildman–Crippen MR) is 73.9 cm³/mol. The van der Waals surface area contributed by atoms with Gasteiger partial charge in [0.2, 0.25) is 0 Å². The van der Waals surface area contributed by atoms with Crippen molar-refractivity contribution in [2.75, 3.05) is 12.3 Å². The van der Waals surface area contributed by atoms with Gasteiger partial charge in [0.05, 0.1) is 0 Å². The SMILES string of the molecule is Cc1cncc(SCCNC(=O)OC(C)(C)C)c1. The molecule has 0 spiro atoms. The average Bonchev–Trinajstić information content (AvgIpc) is 2.22. The average molecular weight is 268 g/mol. The van der Waals surface area contributed by atoms with Gasteiger partial charge in [0, 0.05) is 29.6 Å². The third-order valence-electron chi connectivity index (χ3n) is 1.89. The van der Waals surface area contributed by atoms with E-state index in [-0.39, 0.29) is 6.09 Å². The minimum absolute atomic E-state index is 0.370. The number of ether oxygens (including phenoxy) is 1. The van der Waals surface area contributed by atoms with Crippen LogP contribution in [0.3, 0.4) is 0 Å². The van der Waals surface area contributed by atoms with Gasteiger partial charge in [-0.05, 0) is 39.3 Å². The lowest BCUT2D eigenvalue weighted by Gasteiger charge is -2.19. The molecule has 1 amide bonds. The van der Waals surface area contributed by atoms with Crippen molar-refractivity contribution >= 4 is 17.9 Å². The van der Waals surface area contributed by atoms with Crippen molar-refractivity contribution in [3.8, 4) is 0 Å². The Hall–Kier alpha value is -1.23. The van der Waals surface area contributed by atoms with Crippen LogP contribution >= 0.6 is 11.8 Å². The summed E-state index contributed by atoms with van der Waals surface area (Å²) in [5, 5.41) is 2.72. The van der Waals surface area contributed by atoms with E-state index in [1.807, 2.05) is 40.1 Å². The number of alkyl carbamates (subject to hydrolysis) is 1. The van der Waals surface area contributed by atoms with Gasteiger partial charge >= 0.3 is 6.09 Å². The quantitative estimate of drug-likeness (QED) is 0.673. The van der Waals surface area contributed by atoms with Gasteiger partial charge in [0.1, 0.15) is 5.60 Å². The van der Waals surface area contributed by atoms with Crippen molar-refractivity contribution in [1.29, 1.82) is 0 Å². The van der Waals surface area contributed by atoms with Crippen LogP contribution in [0.5, 0.6) is 0 Å². The molecule has 0 fully saturated rings. The van der Waals surface area contributed by atoms with Crippen LogP contribution in [-0.2, 0) is 4.74 Å². The number of carbonyl (C=O) groups excluding carboxylic acids is 1. The van der Waals surface area contributed by atoms with Crippen LogP contribution in [0, 0.1) is 6.92 Å². The van der Waals surface area contributed by atoms with Gasteiger partial charge in [0.25, 0.3) is 0 Å². The number of aryl methyl sites for hydroxylation is 1. The first-order chi connectivity index (χ1) is 8.37. The Morgan fingerprint density at radius 3 is 2.78 bits per heavy atom. The molecule has 0 aliphatic rings. The zero-order valence-corrected chi connectivity index (χ0v) is 12.1. The fourth-order valence-corrected chi connectivity index (χ4v) is 2.09. The van der Waals surface area contributed by atoms with Gasteiger partial charge in [-0.25, -0.2) is 4.79 Å². The molecule has 0 saturated heterocycles. The van der Waals surface area contributed by atoms with Crippen LogP contribution in [-0.4, -0.2) is 29.0 Å². The summed E-state index contributed by atoms with van der Waals surface area (Å²) in [7, 11) is 0. The smallest absolute Gasteiger partial charge is 0.407 e. The second-order valence-electron chi connectivity index (χ2n) is 4.98. The largest absolute Gasteiger partial charge is 0.444 e. The van der Waals surface area contributed by atoms with Gasteiger partial charge in [0.15, 0.2) is 0 Å². The first-order valence-corrected chi connectivity index (χ1v) is 6.87. The van der Waals surface area contributed by atoms with Crippen LogP contribution < -0.4 is 5.32 Å². The highest BCUT2D eigenvalue weighted by atomic mass is 32.2. The minimum atomic E-state index is -0.447. The maximum Gasteiger partial charge on any atom is 0.407 e. The monoisotopic (exact) mass is 268 g/mol. The molecule has 18 heavy (non-hydrogen) atoms. The first-order valence-electron chi connectivity index (χ1n) is 5.88. The van der Waals surface area contributed by atoms with Crippen LogP contribution in [0.1, 0.15) is 26.3 Å². The maximum atomic E-state index is 11.4. The molecule has 0 radical (unpaired) electrons. The fraction of sp³-hybridized carbons (Fsp3) is 0.538. The number of amides is 1. The molecule has 0 aliphatic carbocycles. The number of nitrogens with zero attached hydrogens (tertiary/aromatic N) is 1. The number of pyridine rings is 1. The zero-order chi connectivity index (χ0) is 13.6. The summed E-state index contributed by atoms with van der Waals surface area (Å²) in [5.74, 6) is 0.796. The van der Waals surface area contributed by atoms with Crippen molar-refractivity contribution in [1.82, 2.24) is 10.3 Å². The summed E-state index contributed by atoms with van der Waals surface area (Å²) in [4.78, 5) is 16.6. The molecule has 4 nitrogen and oxygen atoms in total. The van der Waals surface area contributed by atoms with E-state index in [4.69, 9.17) is 4.74 Å². The second kappa shape index (κ2) is 6.64. The standard InChI is InChI=1S/C13H20N2O2S/c1-10-7-11(9-14-8-10)18-6-5-15-12(16)17-13(2,3)4/h7-9H,5-6H2,1-4H3,(H,15,16). The number of thioether (sulfide) groups is 1. The molecule has 0 atom stereocenters. The van der Waals surface area contributed by atoms with E-state index in [9.17, 15) is 4.79 Å². The van der Waals surface area contributed by atoms with E-state index in [0.29, 0.717) is 6.54 Å². The summed E-state index contributed by atoms with van der Waals surface area (Å²) in [6.07, 6.45) is 3.28. The van der Waals surface area contributed by atoms with E-state index in [1.54, 1.807) is 11.8 Å². The van der Waals surface area contributed by atoms with Crippen molar-refractivity contribution in [2.45, 2.75) is 38.2 Å². The molecule has 1 aromatic heterocycles. The Labute approximate surface area is 113 Å². The van der Waals surface area contributed by atoms with Gasteiger partial charge in [-0.1, -0.05) is 0 Å². The Morgan fingerprint density at radius 1 is 1.44 bits per heavy atom. The highest BCUT2D eigenvalue weighted by Gasteiger charge is 2.15. The van der Waals surface area contributed by atoms with Gasteiger partial charge in [-0.3, -0.25) is 4.98 Å². The highest BCUT2D eigenvalue weighted by molar-refractivity contribution is 7.99. The van der Waals surface area contributed by atoms with Crippen LogP contribution in [0.15, 0.2) is 23.4 Å². The van der Waals surface area contributed by atoms with E-state index < -0.39 is 5.60 Å². The number of carbonyl (C=O) groups is 1. The summed E-state index contributed by atoms with van der Waals surface area (Å²) in [6, 6.07) is 2.07. The Kier molecular flexibility index (Phi) is 5.47. The van der Waals surface area contributed by atoms with Gasteiger partial charge in [-0.15, -0.1) is 11.8 Å². The van der Waals surface area contributed by atoms with Gasteiger partial charge in [-0.2, -0.15) is 0 Å². The van der Waals surface area contributed by atoms with Crippen LogP contribution in [0.4, 0.5) is 4.79 Å². The molecule has 100 valence electrons. The van der Waals surface area contributed by atoms with Gasteiger partial charge < -0.3 is 10.1 Å². The van der Waals surface area contributed by atoms with Crippen molar-refractivity contribution in [3.63, 3.8) is 0 Å². The number of hydrogen-bond acceptors (Lipinski definition) is 4. The van der Waals surface area contributed by atoms with Crippen molar-refractivity contribution in [3.05, 3.63) is 24.0 Å². The lowest BCUT2D eigenvalue weighted by Crippen LogP contribution is -2.33.